The molecule has 1 aliphatic rings. The number of fused-ring (bicyclic) bond motifs is 1. The topological polar surface area (TPSA) is 84.0 Å². The summed E-state index contributed by atoms with van der Waals surface area (Å²) < 4.78 is 0. The number of nitrogens with one attached hydrogen (secondary N) is 2. The van der Waals surface area contributed by atoms with E-state index in [-0.39, 0.29) is 17.7 Å². The lowest BCUT2D eigenvalue weighted by molar-refractivity contribution is -0.115. The number of carbonyl (C=O) groups excluding carboxylic acids is 2. The first kappa shape index (κ1) is 13.7. The number of anilines is 2. The van der Waals surface area contributed by atoms with Crippen molar-refractivity contribution in [2.75, 3.05) is 10.6 Å². The van der Waals surface area contributed by atoms with Gasteiger partial charge in [-0.1, -0.05) is 25.2 Å². The first-order valence-corrected chi connectivity index (χ1v) is 7.42. The Morgan fingerprint density at radius 3 is 2.90 bits per heavy atom. The van der Waals surface area contributed by atoms with Gasteiger partial charge in [0.25, 0.3) is 5.91 Å². The lowest BCUT2D eigenvalue weighted by Crippen LogP contribution is -2.11. The van der Waals surface area contributed by atoms with Crippen molar-refractivity contribution in [1.29, 1.82) is 0 Å². The molecule has 0 saturated heterocycles. The average molecular weight is 302 g/mol. The van der Waals surface area contributed by atoms with Crippen molar-refractivity contribution >= 4 is 34.0 Å². The summed E-state index contributed by atoms with van der Waals surface area (Å²) in [6.45, 7) is 4.05. The highest BCUT2D eigenvalue weighted by atomic mass is 32.1. The molecule has 2 heterocycles. The fourth-order valence-corrected chi connectivity index (χ4v) is 2.80. The minimum atomic E-state index is -0.247. The van der Waals surface area contributed by atoms with E-state index in [1.165, 1.54) is 11.3 Å². The van der Waals surface area contributed by atoms with E-state index in [0.717, 1.165) is 16.3 Å². The molecule has 108 valence electrons. The Morgan fingerprint density at radius 2 is 2.19 bits per heavy atom. The normalized spacial score (nSPS) is 13.2. The molecule has 2 amide bonds. The molecule has 0 radical (unpaired) electrons. The molecule has 0 unspecified atom stereocenters. The molecule has 0 spiro atoms. The monoisotopic (exact) mass is 302 g/mol. The summed E-state index contributed by atoms with van der Waals surface area (Å²) in [5, 5.41) is 14.8. The van der Waals surface area contributed by atoms with Crippen LogP contribution in [-0.2, 0) is 11.2 Å². The van der Waals surface area contributed by atoms with Crippen molar-refractivity contribution in [3.8, 4) is 0 Å². The second kappa shape index (κ2) is 5.25. The van der Waals surface area contributed by atoms with Crippen molar-refractivity contribution in [1.82, 2.24) is 10.2 Å². The summed E-state index contributed by atoms with van der Waals surface area (Å²) in [7, 11) is 0. The standard InChI is InChI=1S/C14H14N4O2S/c1-7(2)13-17-18-14(21-13)16-12(20)8-3-4-10-9(5-8)6-11(19)15-10/h3-5,7H,6H2,1-2H3,(H,15,19)(H,16,18,20). The Kier molecular flexibility index (Phi) is 3.42. The van der Waals surface area contributed by atoms with Crippen LogP contribution in [0.1, 0.15) is 40.7 Å². The summed E-state index contributed by atoms with van der Waals surface area (Å²) in [6.07, 6.45) is 0.312. The number of hydrogen-bond acceptors (Lipinski definition) is 5. The van der Waals surface area contributed by atoms with Crippen LogP contribution in [0.2, 0.25) is 0 Å². The molecular formula is C14H14N4O2S. The number of rotatable bonds is 3. The zero-order chi connectivity index (χ0) is 15.0. The van der Waals surface area contributed by atoms with Gasteiger partial charge >= 0.3 is 0 Å². The van der Waals surface area contributed by atoms with Crippen molar-refractivity contribution in [2.45, 2.75) is 26.2 Å². The van der Waals surface area contributed by atoms with E-state index < -0.39 is 0 Å². The fraction of sp³-hybridized carbons (Fsp3) is 0.286. The van der Waals surface area contributed by atoms with Gasteiger partial charge in [-0.25, -0.2) is 0 Å². The van der Waals surface area contributed by atoms with Crippen LogP contribution in [0, 0.1) is 0 Å². The van der Waals surface area contributed by atoms with Crippen LogP contribution in [-0.4, -0.2) is 22.0 Å². The van der Waals surface area contributed by atoms with Gasteiger partial charge in [-0.2, -0.15) is 0 Å². The summed E-state index contributed by atoms with van der Waals surface area (Å²) >= 11 is 1.37. The number of hydrogen-bond donors (Lipinski definition) is 2. The Balaban J connectivity index is 1.76. The smallest absolute Gasteiger partial charge is 0.257 e. The number of benzene rings is 1. The minimum Gasteiger partial charge on any atom is -0.326 e. The number of amides is 2. The van der Waals surface area contributed by atoms with Crippen LogP contribution in [0.15, 0.2) is 18.2 Å². The van der Waals surface area contributed by atoms with Gasteiger partial charge in [-0.05, 0) is 23.8 Å². The molecule has 21 heavy (non-hydrogen) atoms. The SMILES string of the molecule is CC(C)c1nnc(NC(=O)c2ccc3c(c2)CC(=O)N3)s1. The molecule has 3 rings (SSSR count). The van der Waals surface area contributed by atoms with Crippen molar-refractivity contribution in [3.63, 3.8) is 0 Å². The maximum Gasteiger partial charge on any atom is 0.257 e. The van der Waals surface area contributed by atoms with Gasteiger partial charge in [-0.15, -0.1) is 10.2 Å². The predicted octanol–water partition coefficient (Wildman–Crippen LogP) is 2.41. The maximum atomic E-state index is 12.2. The van der Waals surface area contributed by atoms with Crippen LogP contribution in [0.5, 0.6) is 0 Å². The Bertz CT molecular complexity index is 724. The van der Waals surface area contributed by atoms with Gasteiger partial charge in [0.2, 0.25) is 11.0 Å². The van der Waals surface area contributed by atoms with Crippen LogP contribution in [0.25, 0.3) is 0 Å². The molecule has 1 aliphatic heterocycles. The molecule has 2 N–H and O–H groups in total. The maximum absolute atomic E-state index is 12.2. The average Bonchev–Trinajstić information content (AvgIpc) is 3.02. The lowest BCUT2D eigenvalue weighted by atomic mass is 10.1. The fourth-order valence-electron chi connectivity index (χ4n) is 2.06. The third-order valence-corrected chi connectivity index (χ3v) is 4.29. The van der Waals surface area contributed by atoms with Gasteiger partial charge in [0, 0.05) is 17.2 Å². The molecular weight excluding hydrogens is 288 g/mol. The summed E-state index contributed by atoms with van der Waals surface area (Å²) in [5.41, 5.74) is 2.12. The highest BCUT2D eigenvalue weighted by Gasteiger charge is 2.19. The highest BCUT2D eigenvalue weighted by molar-refractivity contribution is 7.15. The summed E-state index contributed by atoms with van der Waals surface area (Å²) in [6, 6.07) is 5.16. The summed E-state index contributed by atoms with van der Waals surface area (Å²) in [4.78, 5) is 23.5. The largest absolute Gasteiger partial charge is 0.326 e. The van der Waals surface area contributed by atoms with E-state index >= 15 is 0 Å². The molecule has 2 aromatic rings. The zero-order valence-corrected chi connectivity index (χ0v) is 12.5. The summed E-state index contributed by atoms with van der Waals surface area (Å²) in [5.74, 6) is -0.0119. The molecule has 0 bridgehead atoms. The number of aromatic nitrogens is 2. The molecule has 0 fully saturated rings. The second-order valence-corrected chi connectivity index (χ2v) is 6.16. The van der Waals surface area contributed by atoms with Crippen molar-refractivity contribution in [3.05, 3.63) is 34.3 Å². The quantitative estimate of drug-likeness (QED) is 0.912. The van der Waals surface area contributed by atoms with E-state index in [2.05, 4.69) is 20.8 Å². The predicted molar refractivity (Wildman–Crippen MR) is 80.7 cm³/mol. The van der Waals surface area contributed by atoms with E-state index in [9.17, 15) is 9.59 Å². The molecule has 0 aliphatic carbocycles. The first-order valence-electron chi connectivity index (χ1n) is 6.60. The highest BCUT2D eigenvalue weighted by Crippen LogP contribution is 2.25. The minimum absolute atomic E-state index is 0.0479. The van der Waals surface area contributed by atoms with Gasteiger partial charge in [0.1, 0.15) is 5.01 Å². The molecule has 1 aromatic heterocycles. The van der Waals surface area contributed by atoms with Crippen LogP contribution < -0.4 is 10.6 Å². The van der Waals surface area contributed by atoms with E-state index in [4.69, 9.17) is 0 Å². The third kappa shape index (κ3) is 2.78. The zero-order valence-electron chi connectivity index (χ0n) is 11.6. The van der Waals surface area contributed by atoms with Crippen LogP contribution in [0.4, 0.5) is 10.8 Å². The second-order valence-electron chi connectivity index (χ2n) is 5.15. The van der Waals surface area contributed by atoms with E-state index in [0.29, 0.717) is 17.1 Å². The van der Waals surface area contributed by atoms with Crippen LogP contribution >= 0.6 is 11.3 Å². The number of carbonyl (C=O) groups is 2. The first-order chi connectivity index (χ1) is 10.0. The number of nitrogens with zero attached hydrogens (tertiary/aromatic N) is 2. The van der Waals surface area contributed by atoms with Gasteiger partial charge < -0.3 is 5.32 Å². The Morgan fingerprint density at radius 1 is 1.38 bits per heavy atom. The lowest BCUT2D eigenvalue weighted by Gasteiger charge is -2.03. The molecule has 0 atom stereocenters. The Labute approximate surface area is 125 Å². The molecule has 7 heteroatoms. The van der Waals surface area contributed by atoms with Crippen molar-refractivity contribution in [2.24, 2.45) is 0 Å². The van der Waals surface area contributed by atoms with E-state index in [1.54, 1.807) is 18.2 Å². The van der Waals surface area contributed by atoms with E-state index in [1.807, 2.05) is 13.8 Å². The third-order valence-electron chi connectivity index (χ3n) is 3.15. The molecule has 6 nitrogen and oxygen atoms in total. The van der Waals surface area contributed by atoms with Crippen molar-refractivity contribution < 1.29 is 9.59 Å². The van der Waals surface area contributed by atoms with Crippen LogP contribution in [0.3, 0.4) is 0 Å². The van der Waals surface area contributed by atoms with Gasteiger partial charge in [0.15, 0.2) is 0 Å². The van der Waals surface area contributed by atoms with Gasteiger partial charge in [0.05, 0.1) is 6.42 Å². The Hall–Kier alpha value is -2.28. The molecule has 0 saturated carbocycles. The van der Waals surface area contributed by atoms with Gasteiger partial charge in [-0.3, -0.25) is 14.9 Å². The molecule has 1 aromatic carbocycles.